The van der Waals surface area contributed by atoms with Gasteiger partial charge in [0.05, 0.1) is 11.4 Å². The zero-order valence-electron chi connectivity index (χ0n) is 19.7. The highest BCUT2D eigenvalue weighted by molar-refractivity contribution is 7.89. The van der Waals surface area contributed by atoms with Gasteiger partial charge in [-0.2, -0.15) is 4.31 Å². The number of fused-ring (bicyclic) bond motifs is 2. The SMILES string of the molecule is O=c1[nH]c([C@@H]2CCCN(S(=O)(=O)c3cccc4ccccc34)C2)nc2c1nnn2Cc1cccc(Cl)c1. The highest BCUT2D eigenvalue weighted by Gasteiger charge is 2.33. The molecule has 1 aliphatic rings. The van der Waals surface area contributed by atoms with Crippen molar-refractivity contribution in [2.45, 2.75) is 30.2 Å². The third-order valence-corrected chi connectivity index (χ3v) is 8.91. The third-order valence-electron chi connectivity index (χ3n) is 6.75. The maximum Gasteiger partial charge on any atom is 0.281 e. The van der Waals surface area contributed by atoms with Crippen molar-refractivity contribution in [3.05, 3.63) is 93.5 Å². The van der Waals surface area contributed by atoms with Crippen molar-refractivity contribution < 1.29 is 8.42 Å². The highest BCUT2D eigenvalue weighted by Crippen LogP contribution is 2.31. The van der Waals surface area contributed by atoms with E-state index in [0.29, 0.717) is 47.8 Å². The number of hydrogen-bond acceptors (Lipinski definition) is 6. The number of nitrogens with zero attached hydrogens (tertiary/aromatic N) is 5. The summed E-state index contributed by atoms with van der Waals surface area (Å²) in [6.45, 7) is 0.970. The second-order valence-corrected chi connectivity index (χ2v) is 11.5. The Hall–Kier alpha value is -3.60. The van der Waals surface area contributed by atoms with E-state index in [-0.39, 0.29) is 22.9 Å². The standard InChI is InChI=1S/C26H23ClN6O3S/c27-20-10-3-6-17(14-20)15-33-25-23(30-31-33)26(34)29-24(28-25)19-9-5-13-32(16-19)37(35,36)22-12-4-8-18-7-1-2-11-21(18)22/h1-4,6-8,10-12,14,19H,5,9,13,15-16H2,(H,28,29,34)/t19-/m1/s1. The van der Waals surface area contributed by atoms with Crippen molar-refractivity contribution in [1.82, 2.24) is 29.3 Å². The fraction of sp³-hybridized carbons (Fsp3) is 0.231. The van der Waals surface area contributed by atoms with Gasteiger partial charge in [-0.25, -0.2) is 18.1 Å². The molecule has 0 bridgehead atoms. The molecule has 1 aliphatic heterocycles. The fourth-order valence-electron chi connectivity index (χ4n) is 4.93. The highest BCUT2D eigenvalue weighted by atomic mass is 35.5. The summed E-state index contributed by atoms with van der Waals surface area (Å²) in [5.41, 5.74) is 0.994. The number of benzene rings is 3. The smallest absolute Gasteiger partial charge is 0.281 e. The molecular formula is C26H23ClN6O3S. The predicted octanol–water partition coefficient (Wildman–Crippen LogP) is 3.94. The lowest BCUT2D eigenvalue weighted by atomic mass is 9.99. The fourth-order valence-corrected chi connectivity index (χ4v) is 6.89. The average molecular weight is 535 g/mol. The minimum atomic E-state index is -3.75. The van der Waals surface area contributed by atoms with Crippen LogP contribution in [0.15, 0.2) is 76.4 Å². The van der Waals surface area contributed by atoms with Gasteiger partial charge in [-0.3, -0.25) is 4.79 Å². The van der Waals surface area contributed by atoms with Gasteiger partial charge in [-0.1, -0.05) is 65.3 Å². The molecule has 0 aliphatic carbocycles. The van der Waals surface area contributed by atoms with Crippen LogP contribution >= 0.6 is 11.6 Å². The van der Waals surface area contributed by atoms with Crippen molar-refractivity contribution in [3.63, 3.8) is 0 Å². The van der Waals surface area contributed by atoms with Gasteiger partial charge in [0.15, 0.2) is 11.2 Å². The summed E-state index contributed by atoms with van der Waals surface area (Å²) in [6.07, 6.45) is 1.35. The molecule has 0 amide bonds. The average Bonchev–Trinajstić information content (AvgIpc) is 3.31. The Bertz CT molecular complexity index is 1790. The Morgan fingerprint density at radius 2 is 1.86 bits per heavy atom. The van der Waals surface area contributed by atoms with Crippen LogP contribution < -0.4 is 5.56 Å². The van der Waals surface area contributed by atoms with Gasteiger partial charge in [0.1, 0.15) is 5.82 Å². The van der Waals surface area contributed by atoms with Crippen LogP contribution in [0.25, 0.3) is 21.9 Å². The van der Waals surface area contributed by atoms with Gasteiger partial charge in [-0.05, 0) is 42.0 Å². The van der Waals surface area contributed by atoms with Crippen LogP contribution in [-0.2, 0) is 16.6 Å². The van der Waals surface area contributed by atoms with E-state index in [2.05, 4.69) is 15.3 Å². The molecule has 1 saturated heterocycles. The Labute approximate surface area is 217 Å². The Morgan fingerprint density at radius 3 is 2.73 bits per heavy atom. The normalized spacial score (nSPS) is 16.9. The van der Waals surface area contributed by atoms with E-state index in [1.165, 1.54) is 4.31 Å². The number of sulfonamides is 1. The van der Waals surface area contributed by atoms with E-state index in [1.807, 2.05) is 48.5 Å². The van der Waals surface area contributed by atoms with Crippen LogP contribution in [0.5, 0.6) is 0 Å². The number of aromatic amines is 1. The molecule has 188 valence electrons. The molecule has 1 atom stereocenters. The van der Waals surface area contributed by atoms with Crippen molar-refractivity contribution in [2.24, 2.45) is 0 Å². The van der Waals surface area contributed by atoms with Crippen molar-refractivity contribution in [1.29, 1.82) is 0 Å². The first-order chi connectivity index (χ1) is 17.9. The van der Waals surface area contributed by atoms with Crippen LogP contribution in [-0.4, -0.2) is 50.8 Å². The number of H-pyrrole nitrogens is 1. The minimum absolute atomic E-state index is 0.141. The molecular weight excluding hydrogens is 512 g/mol. The van der Waals surface area contributed by atoms with Gasteiger partial charge < -0.3 is 4.98 Å². The van der Waals surface area contributed by atoms with Crippen molar-refractivity contribution in [3.8, 4) is 0 Å². The van der Waals surface area contributed by atoms with Gasteiger partial charge in [0, 0.05) is 29.4 Å². The minimum Gasteiger partial charge on any atom is -0.308 e. The molecule has 0 unspecified atom stereocenters. The predicted molar refractivity (Wildman–Crippen MR) is 141 cm³/mol. The molecule has 0 saturated carbocycles. The zero-order chi connectivity index (χ0) is 25.6. The second-order valence-electron chi connectivity index (χ2n) is 9.18. The van der Waals surface area contributed by atoms with Crippen LogP contribution in [0.4, 0.5) is 0 Å². The lowest BCUT2D eigenvalue weighted by molar-refractivity contribution is 0.309. The summed E-state index contributed by atoms with van der Waals surface area (Å²) in [4.78, 5) is 20.7. The molecule has 37 heavy (non-hydrogen) atoms. The van der Waals surface area contributed by atoms with E-state index in [4.69, 9.17) is 16.6 Å². The molecule has 11 heteroatoms. The van der Waals surface area contributed by atoms with E-state index >= 15 is 0 Å². The van der Waals surface area contributed by atoms with Gasteiger partial charge in [0.25, 0.3) is 5.56 Å². The first kappa shape index (κ1) is 23.8. The number of piperidine rings is 1. The maximum absolute atomic E-state index is 13.7. The van der Waals surface area contributed by atoms with E-state index in [1.54, 1.807) is 22.9 Å². The molecule has 5 aromatic rings. The molecule has 0 radical (unpaired) electrons. The van der Waals surface area contributed by atoms with Crippen molar-refractivity contribution >= 4 is 43.6 Å². The first-order valence-electron chi connectivity index (χ1n) is 12.0. The van der Waals surface area contributed by atoms with Crippen molar-refractivity contribution in [2.75, 3.05) is 13.1 Å². The van der Waals surface area contributed by atoms with Gasteiger partial charge >= 0.3 is 0 Å². The Morgan fingerprint density at radius 1 is 1.05 bits per heavy atom. The Balaban J connectivity index is 1.33. The lowest BCUT2D eigenvalue weighted by Crippen LogP contribution is -2.40. The third kappa shape index (κ3) is 4.41. The largest absolute Gasteiger partial charge is 0.308 e. The van der Waals surface area contributed by atoms with Crippen LogP contribution in [0.1, 0.15) is 30.1 Å². The Kier molecular flexibility index (Phi) is 6.02. The molecule has 9 nitrogen and oxygen atoms in total. The molecule has 1 N–H and O–H groups in total. The monoisotopic (exact) mass is 534 g/mol. The summed E-state index contributed by atoms with van der Waals surface area (Å²) in [5, 5.41) is 10.3. The number of halogens is 1. The molecule has 6 rings (SSSR count). The van der Waals surface area contributed by atoms with E-state index < -0.39 is 15.6 Å². The quantitative estimate of drug-likeness (QED) is 0.365. The molecule has 3 aromatic carbocycles. The van der Waals surface area contributed by atoms with Gasteiger partial charge in [0.2, 0.25) is 10.0 Å². The first-order valence-corrected chi connectivity index (χ1v) is 13.8. The van der Waals surface area contributed by atoms with Crippen LogP contribution in [0, 0.1) is 0 Å². The van der Waals surface area contributed by atoms with Crippen LogP contribution in [0.2, 0.25) is 5.02 Å². The summed E-state index contributed by atoms with van der Waals surface area (Å²) in [7, 11) is -3.75. The lowest BCUT2D eigenvalue weighted by Gasteiger charge is -2.31. The zero-order valence-corrected chi connectivity index (χ0v) is 21.3. The van der Waals surface area contributed by atoms with Gasteiger partial charge in [-0.15, -0.1) is 5.10 Å². The molecule has 0 spiro atoms. The molecule has 3 heterocycles. The molecule has 2 aromatic heterocycles. The second kappa shape index (κ2) is 9.37. The molecule has 1 fully saturated rings. The maximum atomic E-state index is 13.7. The topological polar surface area (TPSA) is 114 Å². The number of hydrogen-bond donors (Lipinski definition) is 1. The summed E-state index contributed by atoms with van der Waals surface area (Å²) < 4.78 is 30.5. The number of nitrogens with one attached hydrogen (secondary N) is 1. The summed E-state index contributed by atoms with van der Waals surface area (Å²) >= 11 is 6.11. The number of rotatable bonds is 5. The van der Waals surface area contributed by atoms with E-state index in [9.17, 15) is 13.2 Å². The van der Waals surface area contributed by atoms with Crippen LogP contribution in [0.3, 0.4) is 0 Å². The van der Waals surface area contributed by atoms with E-state index in [0.717, 1.165) is 10.9 Å². The number of aromatic nitrogens is 5. The summed E-state index contributed by atoms with van der Waals surface area (Å²) in [6, 6.07) is 20.1. The summed E-state index contributed by atoms with van der Waals surface area (Å²) in [5.74, 6) is 0.162.